The van der Waals surface area contributed by atoms with E-state index in [0.29, 0.717) is 0 Å². The van der Waals surface area contributed by atoms with Gasteiger partial charge < -0.3 is 5.73 Å². The van der Waals surface area contributed by atoms with Crippen LogP contribution in [0.3, 0.4) is 0 Å². The number of aromatic nitrogens is 1. The standard InChI is InChI=1S/C10H17N3O2S2/c1-3-8(7-16-2)13-17(14,15)9-5-4-6-12-10(9)11/h4-6,8,13H,3,7H2,1-2H3,(H2,11,12). The Morgan fingerprint density at radius 3 is 2.82 bits per heavy atom. The molecule has 1 unspecified atom stereocenters. The minimum Gasteiger partial charge on any atom is -0.383 e. The maximum atomic E-state index is 12.1. The number of thioether (sulfide) groups is 1. The number of nitrogens with zero attached hydrogens (tertiary/aromatic N) is 1. The Balaban J connectivity index is 2.92. The van der Waals surface area contributed by atoms with Crippen molar-refractivity contribution in [1.29, 1.82) is 0 Å². The molecule has 1 atom stereocenters. The second kappa shape index (κ2) is 6.23. The molecule has 17 heavy (non-hydrogen) atoms. The first-order valence-corrected chi connectivity index (χ1v) is 8.10. The third kappa shape index (κ3) is 3.86. The fourth-order valence-electron chi connectivity index (χ4n) is 1.35. The van der Waals surface area contributed by atoms with Crippen molar-refractivity contribution >= 4 is 27.6 Å². The maximum Gasteiger partial charge on any atom is 0.244 e. The second-order valence-corrected chi connectivity index (χ2v) is 6.16. The second-order valence-electron chi connectivity index (χ2n) is 3.57. The molecular formula is C10H17N3O2S2. The zero-order chi connectivity index (χ0) is 12.9. The molecule has 0 spiro atoms. The lowest BCUT2D eigenvalue weighted by Gasteiger charge is -2.16. The number of hydrogen-bond donors (Lipinski definition) is 2. The Hall–Kier alpha value is -0.790. The number of anilines is 1. The third-order valence-corrected chi connectivity index (χ3v) is 4.58. The molecule has 1 aromatic rings. The predicted molar refractivity (Wildman–Crippen MR) is 71.4 cm³/mol. The van der Waals surface area contributed by atoms with E-state index < -0.39 is 10.0 Å². The highest BCUT2D eigenvalue weighted by Crippen LogP contribution is 2.15. The summed E-state index contributed by atoms with van der Waals surface area (Å²) in [7, 11) is -3.58. The summed E-state index contributed by atoms with van der Waals surface area (Å²) in [6, 6.07) is 2.92. The van der Waals surface area contributed by atoms with Gasteiger partial charge in [0.25, 0.3) is 0 Å². The number of pyridine rings is 1. The van der Waals surface area contributed by atoms with E-state index in [1.54, 1.807) is 17.8 Å². The number of nitrogens with two attached hydrogens (primary N) is 1. The topological polar surface area (TPSA) is 85.1 Å². The molecule has 7 heteroatoms. The highest BCUT2D eigenvalue weighted by Gasteiger charge is 2.21. The van der Waals surface area contributed by atoms with Crippen molar-refractivity contribution in [3.63, 3.8) is 0 Å². The van der Waals surface area contributed by atoms with Crippen molar-refractivity contribution in [3.05, 3.63) is 18.3 Å². The summed E-state index contributed by atoms with van der Waals surface area (Å²) in [6.07, 6.45) is 4.14. The van der Waals surface area contributed by atoms with E-state index in [1.165, 1.54) is 12.3 Å². The van der Waals surface area contributed by atoms with Crippen LogP contribution in [0.15, 0.2) is 23.2 Å². The van der Waals surface area contributed by atoms with Gasteiger partial charge in [-0.25, -0.2) is 18.1 Å². The molecule has 0 aliphatic rings. The van der Waals surface area contributed by atoms with E-state index in [4.69, 9.17) is 5.73 Å². The number of nitrogens with one attached hydrogen (secondary N) is 1. The Morgan fingerprint density at radius 1 is 1.59 bits per heavy atom. The lowest BCUT2D eigenvalue weighted by molar-refractivity contribution is 0.558. The SMILES string of the molecule is CCC(CSC)NS(=O)(=O)c1cccnc1N. The Morgan fingerprint density at radius 2 is 2.29 bits per heavy atom. The number of rotatable bonds is 6. The number of sulfonamides is 1. The van der Waals surface area contributed by atoms with Crippen molar-refractivity contribution in [3.8, 4) is 0 Å². The Kier molecular flexibility index (Phi) is 5.23. The summed E-state index contributed by atoms with van der Waals surface area (Å²) in [5.41, 5.74) is 5.56. The van der Waals surface area contributed by atoms with E-state index >= 15 is 0 Å². The maximum absolute atomic E-state index is 12.1. The lowest BCUT2D eigenvalue weighted by atomic mass is 10.3. The van der Waals surface area contributed by atoms with Crippen LogP contribution in [0, 0.1) is 0 Å². The van der Waals surface area contributed by atoms with Crippen molar-refractivity contribution < 1.29 is 8.42 Å². The van der Waals surface area contributed by atoms with Crippen LogP contribution >= 0.6 is 11.8 Å². The first-order valence-electron chi connectivity index (χ1n) is 5.23. The summed E-state index contributed by atoms with van der Waals surface area (Å²) < 4.78 is 26.7. The minimum absolute atomic E-state index is 0.0269. The molecule has 1 aromatic heterocycles. The molecule has 0 fully saturated rings. The van der Waals surface area contributed by atoms with Crippen LogP contribution in [0.5, 0.6) is 0 Å². The first-order chi connectivity index (χ1) is 8.01. The summed E-state index contributed by atoms with van der Waals surface area (Å²) in [6.45, 7) is 1.94. The third-order valence-electron chi connectivity index (χ3n) is 2.27. The van der Waals surface area contributed by atoms with E-state index in [9.17, 15) is 8.42 Å². The van der Waals surface area contributed by atoms with Gasteiger partial charge in [-0.3, -0.25) is 0 Å². The molecule has 0 aliphatic heterocycles. The molecule has 1 rings (SSSR count). The van der Waals surface area contributed by atoms with Crippen molar-refractivity contribution in [2.75, 3.05) is 17.7 Å². The molecule has 3 N–H and O–H groups in total. The van der Waals surface area contributed by atoms with Gasteiger partial charge in [0, 0.05) is 18.0 Å². The monoisotopic (exact) mass is 275 g/mol. The van der Waals surface area contributed by atoms with Crippen molar-refractivity contribution in [2.24, 2.45) is 0 Å². The van der Waals surface area contributed by atoms with E-state index in [2.05, 4.69) is 9.71 Å². The lowest BCUT2D eigenvalue weighted by Crippen LogP contribution is -2.36. The van der Waals surface area contributed by atoms with Crippen molar-refractivity contribution in [2.45, 2.75) is 24.3 Å². The van der Waals surface area contributed by atoms with Gasteiger partial charge in [-0.05, 0) is 24.8 Å². The highest BCUT2D eigenvalue weighted by atomic mass is 32.2. The van der Waals surface area contributed by atoms with Gasteiger partial charge in [0.05, 0.1) is 0 Å². The zero-order valence-corrected chi connectivity index (χ0v) is 11.5. The van der Waals surface area contributed by atoms with Crippen LogP contribution in [0.2, 0.25) is 0 Å². The van der Waals surface area contributed by atoms with E-state index in [1.807, 2.05) is 13.2 Å². The van der Waals surface area contributed by atoms with Crippen LogP contribution in [0.1, 0.15) is 13.3 Å². The van der Waals surface area contributed by atoms with Gasteiger partial charge in [-0.15, -0.1) is 0 Å². The smallest absolute Gasteiger partial charge is 0.244 e. The molecule has 0 aliphatic carbocycles. The van der Waals surface area contributed by atoms with Crippen LogP contribution in [-0.2, 0) is 10.0 Å². The van der Waals surface area contributed by atoms with Gasteiger partial charge in [-0.2, -0.15) is 11.8 Å². The molecule has 0 aromatic carbocycles. The highest BCUT2D eigenvalue weighted by molar-refractivity contribution is 7.98. The predicted octanol–water partition coefficient (Wildman–Crippen LogP) is 1.08. The fourth-order valence-corrected chi connectivity index (χ4v) is 3.58. The number of nitrogen functional groups attached to an aromatic ring is 1. The summed E-state index contributed by atoms with van der Waals surface area (Å²) in [5.74, 6) is 0.759. The molecule has 5 nitrogen and oxygen atoms in total. The fraction of sp³-hybridized carbons (Fsp3) is 0.500. The Labute approximate surface area is 106 Å². The molecule has 1 heterocycles. The van der Waals surface area contributed by atoms with Gasteiger partial charge in [0.1, 0.15) is 10.7 Å². The van der Waals surface area contributed by atoms with Gasteiger partial charge in [-0.1, -0.05) is 6.92 Å². The molecule has 0 amide bonds. The molecule has 96 valence electrons. The number of hydrogen-bond acceptors (Lipinski definition) is 5. The molecular weight excluding hydrogens is 258 g/mol. The molecule has 0 saturated carbocycles. The van der Waals surface area contributed by atoms with E-state index in [0.717, 1.165) is 12.2 Å². The average Bonchev–Trinajstić information content (AvgIpc) is 2.28. The molecule has 0 bridgehead atoms. The van der Waals surface area contributed by atoms with Gasteiger partial charge >= 0.3 is 0 Å². The van der Waals surface area contributed by atoms with Crippen LogP contribution < -0.4 is 10.5 Å². The van der Waals surface area contributed by atoms with Crippen molar-refractivity contribution in [1.82, 2.24) is 9.71 Å². The normalized spacial score (nSPS) is 13.5. The quantitative estimate of drug-likeness (QED) is 0.811. The minimum atomic E-state index is -3.58. The first kappa shape index (κ1) is 14.3. The molecule has 0 radical (unpaired) electrons. The zero-order valence-electron chi connectivity index (χ0n) is 9.88. The van der Waals surface area contributed by atoms with E-state index in [-0.39, 0.29) is 16.8 Å². The average molecular weight is 275 g/mol. The Bertz CT molecular complexity index is 462. The van der Waals surface area contributed by atoms with Crippen LogP contribution in [0.25, 0.3) is 0 Å². The van der Waals surface area contributed by atoms with Gasteiger partial charge in [0.2, 0.25) is 10.0 Å². The summed E-state index contributed by atoms with van der Waals surface area (Å²) in [4.78, 5) is 3.82. The largest absolute Gasteiger partial charge is 0.383 e. The molecule has 0 saturated heterocycles. The van der Waals surface area contributed by atoms with Gasteiger partial charge in [0.15, 0.2) is 0 Å². The van der Waals surface area contributed by atoms with Crippen LogP contribution in [-0.4, -0.2) is 31.5 Å². The summed E-state index contributed by atoms with van der Waals surface area (Å²) in [5, 5.41) is 0. The summed E-state index contributed by atoms with van der Waals surface area (Å²) >= 11 is 1.60. The van der Waals surface area contributed by atoms with Crippen LogP contribution in [0.4, 0.5) is 5.82 Å².